The fourth-order valence-corrected chi connectivity index (χ4v) is 2.28. The third kappa shape index (κ3) is 4.83. The molecule has 1 heterocycles. The highest BCUT2D eigenvalue weighted by Crippen LogP contribution is 2.18. The Labute approximate surface area is 142 Å². The monoisotopic (exact) mass is 331 g/mol. The number of hydrogen-bond donors (Lipinski definition) is 2. The number of anilines is 1. The molecule has 0 fully saturated rings. The van der Waals surface area contributed by atoms with Gasteiger partial charge in [-0.3, -0.25) is 9.89 Å². The van der Waals surface area contributed by atoms with Crippen LogP contribution in [0.2, 0.25) is 0 Å². The molecule has 24 heavy (non-hydrogen) atoms. The summed E-state index contributed by atoms with van der Waals surface area (Å²) in [6, 6.07) is 8.94. The number of aromatic amines is 1. The third-order valence-electron chi connectivity index (χ3n) is 3.76. The number of nitrogens with one attached hydrogen (secondary N) is 1. The van der Waals surface area contributed by atoms with Gasteiger partial charge < -0.3 is 14.7 Å². The van der Waals surface area contributed by atoms with Crippen LogP contribution in [0.5, 0.6) is 5.75 Å². The molecule has 0 radical (unpaired) electrons. The zero-order valence-electron chi connectivity index (χ0n) is 14.6. The fourth-order valence-electron chi connectivity index (χ4n) is 2.28. The molecule has 6 heteroatoms. The molecule has 2 rings (SSSR count). The third-order valence-corrected chi connectivity index (χ3v) is 3.76. The fraction of sp³-hybridized carbons (Fsp3) is 0.444. The molecule has 0 aliphatic heterocycles. The van der Waals surface area contributed by atoms with E-state index in [1.54, 1.807) is 24.3 Å². The van der Waals surface area contributed by atoms with Crippen molar-refractivity contribution in [1.82, 2.24) is 10.2 Å². The maximum atomic E-state index is 11.4. The minimum atomic E-state index is -0.671. The molecule has 0 aliphatic carbocycles. The van der Waals surface area contributed by atoms with Crippen LogP contribution < -0.4 is 9.64 Å². The second-order valence-electron chi connectivity index (χ2n) is 6.27. The molecular formula is C18H25N3O3. The molecule has 0 bridgehead atoms. The molecule has 0 saturated heterocycles. The summed E-state index contributed by atoms with van der Waals surface area (Å²) in [6.45, 7) is 6.24. The predicted molar refractivity (Wildman–Crippen MR) is 93.9 cm³/mol. The van der Waals surface area contributed by atoms with Gasteiger partial charge in [0.1, 0.15) is 24.3 Å². The van der Waals surface area contributed by atoms with Crippen LogP contribution in [0.3, 0.4) is 0 Å². The van der Waals surface area contributed by atoms with E-state index in [1.165, 1.54) is 6.92 Å². The van der Waals surface area contributed by atoms with Crippen LogP contribution in [0.1, 0.15) is 42.7 Å². The van der Waals surface area contributed by atoms with E-state index in [2.05, 4.69) is 24.0 Å². The van der Waals surface area contributed by atoms with Crippen molar-refractivity contribution in [1.29, 1.82) is 0 Å². The number of aliphatic hydroxyl groups excluding tert-OH is 1. The minimum absolute atomic E-state index is 0.0137. The van der Waals surface area contributed by atoms with Crippen molar-refractivity contribution in [3.05, 3.63) is 41.6 Å². The first kappa shape index (κ1) is 18.0. The van der Waals surface area contributed by atoms with Crippen LogP contribution in [0, 0.1) is 0 Å². The zero-order chi connectivity index (χ0) is 17.7. The number of hydrogen-bond acceptors (Lipinski definition) is 5. The summed E-state index contributed by atoms with van der Waals surface area (Å²) in [6.07, 6.45) is -0.671. The van der Waals surface area contributed by atoms with Gasteiger partial charge in [-0.15, -0.1) is 0 Å². The molecule has 1 atom stereocenters. The highest BCUT2D eigenvalue weighted by Gasteiger charge is 2.13. The Morgan fingerprint density at radius 2 is 2.12 bits per heavy atom. The molecule has 2 aromatic rings. The van der Waals surface area contributed by atoms with Crippen molar-refractivity contribution in [3.8, 4) is 5.75 Å². The van der Waals surface area contributed by atoms with Gasteiger partial charge in [-0.1, -0.05) is 26.0 Å². The average Bonchev–Trinajstić information content (AvgIpc) is 3.03. The van der Waals surface area contributed by atoms with Crippen LogP contribution in [0.15, 0.2) is 30.3 Å². The number of aromatic nitrogens is 2. The number of likely N-dealkylation sites (N-methyl/N-ethyl adjacent to an activating group) is 1. The molecule has 0 amide bonds. The SMILES string of the molecule is CC(=O)c1cccc(OCC(O)CN(C)c2cc(C(C)C)[nH]n2)c1. The van der Waals surface area contributed by atoms with Gasteiger partial charge in [0, 0.05) is 30.9 Å². The lowest BCUT2D eigenvalue weighted by Crippen LogP contribution is -2.33. The van der Waals surface area contributed by atoms with Crippen LogP contribution in [-0.2, 0) is 0 Å². The number of rotatable bonds is 8. The Morgan fingerprint density at radius 1 is 1.38 bits per heavy atom. The van der Waals surface area contributed by atoms with E-state index >= 15 is 0 Å². The quantitative estimate of drug-likeness (QED) is 0.727. The van der Waals surface area contributed by atoms with Gasteiger partial charge in [0.05, 0.1) is 0 Å². The van der Waals surface area contributed by atoms with Crippen molar-refractivity contribution in [2.24, 2.45) is 0 Å². The first-order valence-electron chi connectivity index (χ1n) is 8.05. The Balaban J connectivity index is 1.87. The number of nitrogens with zero attached hydrogens (tertiary/aromatic N) is 2. The normalized spacial score (nSPS) is 12.2. The lowest BCUT2D eigenvalue weighted by molar-refractivity contribution is 0.101. The standard InChI is InChI=1S/C18H25N3O3/c1-12(2)17-9-18(20-19-17)21(4)10-15(23)11-24-16-7-5-6-14(8-16)13(3)22/h5-9,12,15,23H,10-11H2,1-4H3,(H,19,20). The molecule has 1 aromatic carbocycles. The lowest BCUT2D eigenvalue weighted by atomic mass is 10.1. The molecule has 1 aromatic heterocycles. The predicted octanol–water partition coefficient (Wildman–Crippen LogP) is 2.61. The number of Topliss-reactive ketones (excluding diaryl/α,β-unsaturated/α-hetero) is 1. The first-order valence-corrected chi connectivity index (χ1v) is 8.05. The van der Waals surface area contributed by atoms with Crippen molar-refractivity contribution in [3.63, 3.8) is 0 Å². The number of aliphatic hydroxyl groups is 1. The van der Waals surface area contributed by atoms with Crippen LogP contribution in [0.25, 0.3) is 0 Å². The molecule has 2 N–H and O–H groups in total. The number of carbonyl (C=O) groups is 1. The lowest BCUT2D eigenvalue weighted by Gasteiger charge is -2.20. The Bertz CT molecular complexity index is 682. The number of ketones is 1. The highest BCUT2D eigenvalue weighted by atomic mass is 16.5. The van der Waals surface area contributed by atoms with E-state index < -0.39 is 6.10 Å². The largest absolute Gasteiger partial charge is 0.491 e. The Kier molecular flexibility index (Phi) is 5.98. The van der Waals surface area contributed by atoms with Crippen LogP contribution >= 0.6 is 0 Å². The Morgan fingerprint density at radius 3 is 2.75 bits per heavy atom. The first-order chi connectivity index (χ1) is 11.4. The van der Waals surface area contributed by atoms with E-state index in [1.807, 2.05) is 18.0 Å². The van der Waals surface area contributed by atoms with Gasteiger partial charge >= 0.3 is 0 Å². The van der Waals surface area contributed by atoms with E-state index in [0.717, 1.165) is 11.5 Å². The van der Waals surface area contributed by atoms with Crippen molar-refractivity contribution < 1.29 is 14.6 Å². The number of H-pyrrole nitrogens is 1. The van der Waals surface area contributed by atoms with Crippen molar-refractivity contribution in [2.45, 2.75) is 32.8 Å². The molecule has 1 unspecified atom stereocenters. The summed E-state index contributed by atoms with van der Waals surface area (Å²) in [5, 5.41) is 17.4. The summed E-state index contributed by atoms with van der Waals surface area (Å²) in [5.41, 5.74) is 1.65. The van der Waals surface area contributed by atoms with Crippen LogP contribution in [0.4, 0.5) is 5.82 Å². The van der Waals surface area contributed by atoms with E-state index in [-0.39, 0.29) is 12.4 Å². The van der Waals surface area contributed by atoms with Crippen LogP contribution in [-0.4, -0.2) is 47.4 Å². The second kappa shape index (κ2) is 7.97. The van der Waals surface area contributed by atoms with Crippen molar-refractivity contribution >= 4 is 11.6 Å². The molecule has 0 aliphatic rings. The highest BCUT2D eigenvalue weighted by molar-refractivity contribution is 5.94. The Hall–Kier alpha value is -2.34. The molecular weight excluding hydrogens is 306 g/mol. The molecule has 130 valence electrons. The molecule has 6 nitrogen and oxygen atoms in total. The van der Waals surface area contributed by atoms with Gasteiger partial charge in [-0.05, 0) is 25.0 Å². The zero-order valence-corrected chi connectivity index (χ0v) is 14.6. The second-order valence-corrected chi connectivity index (χ2v) is 6.27. The van der Waals surface area contributed by atoms with Gasteiger partial charge in [0.15, 0.2) is 5.78 Å². The van der Waals surface area contributed by atoms with E-state index in [0.29, 0.717) is 23.8 Å². The smallest absolute Gasteiger partial charge is 0.159 e. The summed E-state index contributed by atoms with van der Waals surface area (Å²) in [5.74, 6) is 1.73. The summed E-state index contributed by atoms with van der Waals surface area (Å²) in [7, 11) is 1.87. The summed E-state index contributed by atoms with van der Waals surface area (Å²) < 4.78 is 5.58. The van der Waals surface area contributed by atoms with E-state index in [9.17, 15) is 9.90 Å². The number of ether oxygens (including phenoxy) is 1. The molecule has 0 spiro atoms. The maximum absolute atomic E-state index is 11.4. The van der Waals surface area contributed by atoms with E-state index in [4.69, 9.17) is 4.74 Å². The summed E-state index contributed by atoms with van der Waals surface area (Å²) >= 11 is 0. The number of carbonyl (C=O) groups excluding carboxylic acids is 1. The topological polar surface area (TPSA) is 78.5 Å². The van der Waals surface area contributed by atoms with Gasteiger partial charge in [0.2, 0.25) is 0 Å². The maximum Gasteiger partial charge on any atom is 0.159 e. The van der Waals surface area contributed by atoms with Gasteiger partial charge in [0.25, 0.3) is 0 Å². The average molecular weight is 331 g/mol. The van der Waals surface area contributed by atoms with Gasteiger partial charge in [-0.2, -0.15) is 5.10 Å². The summed E-state index contributed by atoms with van der Waals surface area (Å²) in [4.78, 5) is 13.2. The van der Waals surface area contributed by atoms with Gasteiger partial charge in [-0.25, -0.2) is 0 Å². The molecule has 0 saturated carbocycles. The van der Waals surface area contributed by atoms with Crippen molar-refractivity contribution in [2.75, 3.05) is 25.1 Å². The minimum Gasteiger partial charge on any atom is -0.491 e. The number of benzene rings is 1.